The number of aromatic amines is 1. The lowest BCUT2D eigenvalue weighted by atomic mass is 10.1. The molecule has 2 aromatic carbocycles. The van der Waals surface area contributed by atoms with Crippen LogP contribution in [0.3, 0.4) is 0 Å². The zero-order valence-corrected chi connectivity index (χ0v) is 18.1. The third-order valence-electron chi connectivity index (χ3n) is 5.33. The molecule has 1 fully saturated rings. The average molecular weight is 469 g/mol. The fraction of sp³-hybridized carbons (Fsp3) is 0.217. The van der Waals surface area contributed by atoms with E-state index in [1.54, 1.807) is 17.3 Å². The lowest BCUT2D eigenvalue weighted by Crippen LogP contribution is -2.33. The molecule has 33 heavy (non-hydrogen) atoms. The van der Waals surface area contributed by atoms with Crippen LogP contribution < -0.4 is 9.80 Å². The molecule has 4 rings (SSSR count). The maximum absolute atomic E-state index is 13.3. The first kappa shape index (κ1) is 22.5. The number of carbonyl (C=O) groups is 1. The molecule has 3 aromatic rings. The van der Waals surface area contributed by atoms with Gasteiger partial charge in [-0.3, -0.25) is 9.69 Å². The summed E-state index contributed by atoms with van der Waals surface area (Å²) in [6.07, 6.45) is 1.38. The number of halogens is 3. The maximum Gasteiger partial charge on any atom is 0.417 e. The minimum Gasteiger partial charge on any atom is -0.349 e. The van der Waals surface area contributed by atoms with Crippen molar-refractivity contribution in [3.05, 3.63) is 77.4 Å². The number of H-pyrrole nitrogens is 1. The van der Waals surface area contributed by atoms with Gasteiger partial charge in [-0.1, -0.05) is 12.1 Å². The number of hydrogen-bond donors (Lipinski definition) is 1. The van der Waals surface area contributed by atoms with E-state index in [0.29, 0.717) is 5.69 Å². The Balaban J connectivity index is 1.49. The van der Waals surface area contributed by atoms with Crippen LogP contribution in [-0.2, 0) is 23.8 Å². The van der Waals surface area contributed by atoms with Crippen LogP contribution in [0.15, 0.2) is 54.9 Å². The molecular weight excluding hydrogens is 451 g/mol. The van der Waals surface area contributed by atoms with Crippen LogP contribution in [-0.4, -0.2) is 27.5 Å². The van der Waals surface area contributed by atoms with Crippen molar-refractivity contribution in [2.45, 2.75) is 25.4 Å². The number of hydrogen-bond acceptors (Lipinski definition) is 4. The van der Waals surface area contributed by atoms with E-state index in [-0.39, 0.29) is 17.3 Å². The summed E-state index contributed by atoms with van der Waals surface area (Å²) in [5.41, 5.74) is 0.156. The van der Waals surface area contributed by atoms with Crippen LogP contribution >= 0.6 is 12.2 Å². The molecule has 0 unspecified atom stereocenters. The SMILES string of the molecule is N#Cc1ccc(N2C(=O)CN(c3ccc(CCCc4ncc[nH]4)cc3)C2=S)cc1C(F)(F)F. The monoisotopic (exact) mass is 469 g/mol. The fourth-order valence-electron chi connectivity index (χ4n) is 3.70. The van der Waals surface area contributed by atoms with E-state index in [0.717, 1.165) is 47.7 Å². The number of benzene rings is 2. The number of rotatable bonds is 6. The van der Waals surface area contributed by atoms with Crippen molar-refractivity contribution in [2.24, 2.45) is 0 Å². The van der Waals surface area contributed by atoms with E-state index in [4.69, 9.17) is 17.5 Å². The molecule has 1 aliphatic rings. The first-order valence-electron chi connectivity index (χ1n) is 10.1. The molecule has 2 heterocycles. The summed E-state index contributed by atoms with van der Waals surface area (Å²) in [4.78, 5) is 22.6. The first-order valence-corrected chi connectivity index (χ1v) is 10.5. The zero-order valence-electron chi connectivity index (χ0n) is 17.3. The van der Waals surface area contributed by atoms with Crippen molar-refractivity contribution < 1.29 is 18.0 Å². The minimum absolute atomic E-state index is 0.0200. The second-order valence-electron chi connectivity index (χ2n) is 7.49. The second-order valence-corrected chi connectivity index (χ2v) is 7.86. The van der Waals surface area contributed by atoms with Gasteiger partial charge >= 0.3 is 6.18 Å². The predicted molar refractivity (Wildman–Crippen MR) is 121 cm³/mol. The number of thiocarbonyl (C=S) groups is 1. The Morgan fingerprint density at radius 2 is 1.85 bits per heavy atom. The summed E-state index contributed by atoms with van der Waals surface area (Å²) in [6, 6.07) is 12.2. The van der Waals surface area contributed by atoms with E-state index < -0.39 is 23.2 Å². The predicted octanol–water partition coefficient (Wildman–Crippen LogP) is 4.61. The van der Waals surface area contributed by atoms with Gasteiger partial charge in [0, 0.05) is 24.5 Å². The Kier molecular flexibility index (Phi) is 6.16. The standard InChI is InChI=1S/C23H18F3N5OS/c24-23(25,26)19-12-18(9-6-16(19)13-27)31-21(32)14-30(22(31)33)17-7-4-15(5-8-17)2-1-3-20-28-10-11-29-20/h4-12H,1-3,14H2,(H,28,29). The molecule has 1 aromatic heterocycles. The van der Waals surface area contributed by atoms with Crippen molar-refractivity contribution >= 4 is 34.6 Å². The molecule has 1 amide bonds. The van der Waals surface area contributed by atoms with Crippen molar-refractivity contribution in [1.29, 1.82) is 5.26 Å². The number of aromatic nitrogens is 2. The van der Waals surface area contributed by atoms with Crippen molar-refractivity contribution in [3.8, 4) is 6.07 Å². The number of nitrogens with one attached hydrogen (secondary N) is 1. The number of carbonyl (C=O) groups excluding carboxylic acids is 1. The van der Waals surface area contributed by atoms with Gasteiger partial charge < -0.3 is 9.88 Å². The van der Waals surface area contributed by atoms with Crippen LogP contribution in [0, 0.1) is 11.3 Å². The van der Waals surface area contributed by atoms with E-state index in [9.17, 15) is 18.0 Å². The largest absolute Gasteiger partial charge is 0.417 e. The Bertz CT molecular complexity index is 1220. The highest BCUT2D eigenvalue weighted by atomic mass is 32.1. The highest BCUT2D eigenvalue weighted by molar-refractivity contribution is 7.81. The summed E-state index contributed by atoms with van der Waals surface area (Å²) in [5.74, 6) is 0.490. The zero-order chi connectivity index (χ0) is 23.6. The number of aryl methyl sites for hydroxylation is 2. The summed E-state index contributed by atoms with van der Waals surface area (Å²) in [7, 11) is 0. The Labute approximate surface area is 193 Å². The molecule has 0 bridgehead atoms. The smallest absolute Gasteiger partial charge is 0.349 e. The van der Waals surface area contributed by atoms with Crippen molar-refractivity contribution in [1.82, 2.24) is 9.97 Å². The second kappa shape index (κ2) is 9.03. The van der Waals surface area contributed by atoms with Crippen LogP contribution in [0.4, 0.5) is 24.5 Å². The van der Waals surface area contributed by atoms with Gasteiger partial charge in [0.2, 0.25) is 0 Å². The Morgan fingerprint density at radius 1 is 1.12 bits per heavy atom. The summed E-state index contributed by atoms with van der Waals surface area (Å²) in [6.45, 7) is -0.0853. The summed E-state index contributed by atoms with van der Waals surface area (Å²) in [5, 5.41) is 9.07. The van der Waals surface area contributed by atoms with Gasteiger partial charge in [-0.15, -0.1) is 0 Å². The van der Waals surface area contributed by atoms with Gasteiger partial charge in [0.1, 0.15) is 12.4 Å². The van der Waals surface area contributed by atoms with Crippen LogP contribution in [0.1, 0.15) is 28.9 Å². The Morgan fingerprint density at radius 3 is 2.48 bits per heavy atom. The van der Waals surface area contributed by atoms with Crippen molar-refractivity contribution in [3.63, 3.8) is 0 Å². The third-order valence-corrected chi connectivity index (χ3v) is 5.74. The number of nitriles is 1. The lowest BCUT2D eigenvalue weighted by molar-refractivity contribution is -0.137. The number of anilines is 2. The quantitative estimate of drug-likeness (QED) is 0.534. The number of nitrogens with zero attached hydrogens (tertiary/aromatic N) is 4. The topological polar surface area (TPSA) is 76.0 Å². The van der Waals surface area contributed by atoms with Gasteiger partial charge in [0.15, 0.2) is 5.11 Å². The molecule has 10 heteroatoms. The average Bonchev–Trinajstić information content (AvgIpc) is 3.41. The highest BCUT2D eigenvalue weighted by Crippen LogP contribution is 2.36. The summed E-state index contributed by atoms with van der Waals surface area (Å²) >= 11 is 5.42. The number of imidazole rings is 1. The molecule has 1 saturated heterocycles. The molecule has 0 atom stereocenters. The highest BCUT2D eigenvalue weighted by Gasteiger charge is 2.38. The van der Waals surface area contributed by atoms with Gasteiger partial charge in [0.05, 0.1) is 22.9 Å². The van der Waals surface area contributed by atoms with E-state index in [2.05, 4.69) is 9.97 Å². The molecule has 0 spiro atoms. The molecule has 1 N–H and O–H groups in total. The van der Waals surface area contributed by atoms with Gasteiger partial charge in [-0.2, -0.15) is 18.4 Å². The molecule has 1 aliphatic heterocycles. The molecule has 168 valence electrons. The van der Waals surface area contributed by atoms with Gasteiger partial charge in [0.25, 0.3) is 5.91 Å². The van der Waals surface area contributed by atoms with Crippen LogP contribution in [0.25, 0.3) is 0 Å². The molecule has 0 saturated carbocycles. The van der Waals surface area contributed by atoms with Crippen LogP contribution in [0.2, 0.25) is 0 Å². The number of amides is 1. The lowest BCUT2D eigenvalue weighted by Gasteiger charge is -2.21. The van der Waals surface area contributed by atoms with Crippen molar-refractivity contribution in [2.75, 3.05) is 16.3 Å². The third kappa shape index (κ3) is 4.73. The summed E-state index contributed by atoms with van der Waals surface area (Å²) < 4.78 is 40.0. The minimum atomic E-state index is -4.72. The van der Waals surface area contributed by atoms with Crippen LogP contribution in [0.5, 0.6) is 0 Å². The van der Waals surface area contributed by atoms with E-state index in [1.165, 1.54) is 12.1 Å². The van der Waals surface area contributed by atoms with E-state index in [1.807, 2.05) is 24.3 Å². The Hall–Kier alpha value is -3.71. The molecular formula is C23H18F3N5OS. The van der Waals surface area contributed by atoms with E-state index >= 15 is 0 Å². The first-order chi connectivity index (χ1) is 15.8. The normalized spacial score (nSPS) is 14.1. The molecule has 0 radical (unpaired) electrons. The molecule has 0 aliphatic carbocycles. The molecule has 6 nitrogen and oxygen atoms in total. The van der Waals surface area contributed by atoms with Gasteiger partial charge in [-0.25, -0.2) is 4.98 Å². The number of alkyl halides is 3. The van der Waals surface area contributed by atoms with Gasteiger partial charge in [-0.05, 0) is 61.0 Å². The fourth-order valence-corrected chi connectivity index (χ4v) is 4.07. The maximum atomic E-state index is 13.3.